The number of methoxy groups -OCH3 is 1. The van der Waals surface area contributed by atoms with Crippen molar-refractivity contribution in [3.05, 3.63) is 71.2 Å². The van der Waals surface area contributed by atoms with Crippen LogP contribution in [0, 0.1) is 5.82 Å². The highest BCUT2D eigenvalue weighted by molar-refractivity contribution is 5.96. The summed E-state index contributed by atoms with van der Waals surface area (Å²) in [5, 5.41) is 11.5. The number of aldehydes is 1. The van der Waals surface area contributed by atoms with Crippen molar-refractivity contribution in [1.82, 2.24) is 4.98 Å². The van der Waals surface area contributed by atoms with Crippen molar-refractivity contribution in [3.63, 3.8) is 0 Å². The highest BCUT2D eigenvalue weighted by Gasteiger charge is 2.41. The van der Waals surface area contributed by atoms with E-state index in [2.05, 4.69) is 4.98 Å². The smallest absolute Gasteiger partial charge is 0.163 e. The molecule has 1 aliphatic heterocycles. The Balaban J connectivity index is 1.42. The molecule has 1 unspecified atom stereocenters. The monoisotopic (exact) mass is 519 g/mol. The Kier molecular flexibility index (Phi) is 6.69. The Labute approximate surface area is 220 Å². The fraction of sp³-hybridized carbons (Fsp3) is 0.367. The predicted molar refractivity (Wildman–Crippen MR) is 138 cm³/mol. The van der Waals surface area contributed by atoms with Gasteiger partial charge in [-0.1, -0.05) is 0 Å². The number of rotatable bonds is 10. The summed E-state index contributed by atoms with van der Waals surface area (Å²) in [6, 6.07) is 12.5. The number of ketones is 1. The minimum Gasteiger partial charge on any atom is -0.493 e. The first kappa shape index (κ1) is 25.9. The molecule has 198 valence electrons. The molecule has 0 saturated heterocycles. The lowest BCUT2D eigenvalue weighted by Gasteiger charge is -2.25. The third kappa shape index (κ3) is 5.00. The zero-order chi connectivity index (χ0) is 27.1. The van der Waals surface area contributed by atoms with Gasteiger partial charge in [0.2, 0.25) is 0 Å². The largest absolute Gasteiger partial charge is 0.493 e. The second-order valence-corrected chi connectivity index (χ2v) is 10.4. The van der Waals surface area contributed by atoms with Gasteiger partial charge in [0, 0.05) is 23.1 Å². The summed E-state index contributed by atoms with van der Waals surface area (Å²) < 4.78 is 30.7. The molecule has 2 heterocycles. The number of carbonyl (C=O) groups excluding carboxylic acids is 2. The maximum atomic E-state index is 13.6. The van der Waals surface area contributed by atoms with Crippen molar-refractivity contribution in [1.29, 1.82) is 0 Å². The lowest BCUT2D eigenvalue weighted by atomic mass is 9.83. The quantitative estimate of drug-likeness (QED) is 0.292. The molecule has 1 aliphatic carbocycles. The predicted octanol–water partition coefficient (Wildman–Crippen LogP) is 5.16. The average molecular weight is 520 g/mol. The van der Waals surface area contributed by atoms with E-state index in [4.69, 9.17) is 14.2 Å². The van der Waals surface area contributed by atoms with Gasteiger partial charge in [-0.15, -0.1) is 0 Å². The fourth-order valence-electron chi connectivity index (χ4n) is 4.51. The molecule has 8 heteroatoms. The van der Waals surface area contributed by atoms with Gasteiger partial charge in [0.25, 0.3) is 0 Å². The number of halogens is 1. The standard InChI is InChI=1S/C30H30FNO6/c1-29(16-33)17-37-28-22(29)15-26(32-27(28)18-4-7-20(31)8-5-18)30(2,35)13-12-23(34)19-6-11-24(25(14-19)36-3)38-21-9-10-21/h4-8,11,14-16,21,35H,9-10,12-13,17H2,1-3H3/t29-,30?/m0/s1. The maximum absolute atomic E-state index is 13.6. The number of hydrogen-bond donors (Lipinski definition) is 1. The number of nitrogens with zero attached hydrogens (tertiary/aromatic N) is 1. The van der Waals surface area contributed by atoms with Crippen molar-refractivity contribution in [2.75, 3.05) is 13.7 Å². The van der Waals surface area contributed by atoms with Gasteiger partial charge in [0.15, 0.2) is 17.3 Å². The van der Waals surface area contributed by atoms with Crippen LogP contribution in [0.2, 0.25) is 0 Å². The van der Waals surface area contributed by atoms with E-state index in [1.165, 1.54) is 19.2 Å². The molecule has 2 aliphatic rings. The molecule has 1 saturated carbocycles. The zero-order valence-electron chi connectivity index (χ0n) is 21.6. The molecule has 1 fully saturated rings. The Hall–Kier alpha value is -3.78. The van der Waals surface area contributed by atoms with E-state index in [1.54, 1.807) is 50.2 Å². The maximum Gasteiger partial charge on any atom is 0.163 e. The molecular weight excluding hydrogens is 489 g/mol. The number of benzene rings is 2. The van der Waals surface area contributed by atoms with Crippen molar-refractivity contribution < 1.29 is 33.3 Å². The van der Waals surface area contributed by atoms with Crippen LogP contribution >= 0.6 is 0 Å². The fourth-order valence-corrected chi connectivity index (χ4v) is 4.51. The number of carbonyl (C=O) groups is 2. The van der Waals surface area contributed by atoms with Gasteiger partial charge in [-0.25, -0.2) is 9.37 Å². The van der Waals surface area contributed by atoms with Gasteiger partial charge in [0.05, 0.1) is 24.3 Å². The second kappa shape index (κ2) is 9.83. The summed E-state index contributed by atoms with van der Waals surface area (Å²) in [5.41, 5.74) is -0.0685. The lowest BCUT2D eigenvalue weighted by molar-refractivity contribution is -0.112. The summed E-state index contributed by atoms with van der Waals surface area (Å²) in [7, 11) is 1.53. The number of aromatic nitrogens is 1. The van der Waals surface area contributed by atoms with Crippen LogP contribution in [0.25, 0.3) is 11.3 Å². The number of aliphatic hydroxyl groups is 1. The first-order valence-corrected chi connectivity index (χ1v) is 12.6. The van der Waals surface area contributed by atoms with Gasteiger partial charge < -0.3 is 24.1 Å². The highest BCUT2D eigenvalue weighted by Crippen LogP contribution is 2.45. The van der Waals surface area contributed by atoms with E-state index in [9.17, 15) is 19.1 Å². The van der Waals surface area contributed by atoms with Gasteiger partial charge >= 0.3 is 0 Å². The second-order valence-electron chi connectivity index (χ2n) is 10.4. The number of pyridine rings is 1. The molecule has 0 spiro atoms. The summed E-state index contributed by atoms with van der Waals surface area (Å²) >= 11 is 0. The van der Waals surface area contributed by atoms with Crippen molar-refractivity contribution in [2.45, 2.75) is 56.7 Å². The van der Waals surface area contributed by atoms with E-state index in [-0.39, 0.29) is 31.3 Å². The van der Waals surface area contributed by atoms with Crippen LogP contribution in [-0.2, 0) is 15.8 Å². The van der Waals surface area contributed by atoms with Crippen LogP contribution in [0.1, 0.15) is 61.1 Å². The van der Waals surface area contributed by atoms with E-state index < -0.39 is 16.8 Å². The van der Waals surface area contributed by atoms with E-state index in [0.717, 1.165) is 19.1 Å². The normalized spacial score (nSPS) is 19.7. The van der Waals surface area contributed by atoms with Crippen LogP contribution in [0.15, 0.2) is 48.5 Å². The Morgan fingerprint density at radius 2 is 1.95 bits per heavy atom. The number of Topliss-reactive ketones (excluding diaryl/α,β-unsaturated/α-hetero) is 1. The first-order valence-electron chi connectivity index (χ1n) is 12.6. The topological polar surface area (TPSA) is 95.0 Å². The third-order valence-electron chi connectivity index (χ3n) is 7.18. The molecule has 0 amide bonds. The van der Waals surface area contributed by atoms with Crippen LogP contribution in [0.5, 0.6) is 17.2 Å². The molecular formula is C30H30FNO6. The third-order valence-corrected chi connectivity index (χ3v) is 7.18. The molecule has 2 aromatic carbocycles. The zero-order valence-corrected chi connectivity index (χ0v) is 21.6. The van der Waals surface area contributed by atoms with E-state index >= 15 is 0 Å². The SMILES string of the molecule is COc1cc(C(=O)CCC(C)(O)c2cc3c(c(-c4ccc(F)cc4)n2)OC[C@]3(C)C=O)ccc1OC1CC1. The number of fused-ring (bicyclic) bond motifs is 1. The minimum absolute atomic E-state index is 0.0467. The van der Waals surface area contributed by atoms with Crippen molar-refractivity contribution in [2.24, 2.45) is 0 Å². The average Bonchev–Trinajstić information content (AvgIpc) is 3.68. The van der Waals surface area contributed by atoms with Crippen LogP contribution in [0.3, 0.4) is 0 Å². The van der Waals surface area contributed by atoms with E-state index in [0.29, 0.717) is 45.3 Å². The molecule has 3 aromatic rings. The Morgan fingerprint density at radius 1 is 1.21 bits per heavy atom. The highest BCUT2D eigenvalue weighted by atomic mass is 19.1. The molecule has 1 aromatic heterocycles. The number of hydrogen-bond acceptors (Lipinski definition) is 7. The van der Waals surface area contributed by atoms with Gasteiger partial charge in [-0.3, -0.25) is 4.79 Å². The van der Waals surface area contributed by atoms with Gasteiger partial charge in [-0.05, 0) is 81.6 Å². The number of ether oxygens (including phenoxy) is 3. The molecule has 38 heavy (non-hydrogen) atoms. The van der Waals surface area contributed by atoms with Crippen LogP contribution in [-0.4, -0.2) is 42.0 Å². The Morgan fingerprint density at radius 3 is 2.61 bits per heavy atom. The molecule has 0 radical (unpaired) electrons. The summed E-state index contributed by atoms with van der Waals surface area (Å²) in [6.45, 7) is 3.48. The Bertz CT molecular complexity index is 1380. The van der Waals surface area contributed by atoms with E-state index in [1.807, 2.05) is 0 Å². The molecule has 0 bridgehead atoms. The van der Waals surface area contributed by atoms with Crippen LogP contribution in [0.4, 0.5) is 4.39 Å². The molecule has 1 N–H and O–H groups in total. The molecule has 2 atom stereocenters. The lowest BCUT2D eigenvalue weighted by Crippen LogP contribution is -2.28. The van der Waals surface area contributed by atoms with Gasteiger partial charge in [-0.2, -0.15) is 0 Å². The van der Waals surface area contributed by atoms with Gasteiger partial charge in [0.1, 0.15) is 35.8 Å². The molecule has 7 nitrogen and oxygen atoms in total. The first-order chi connectivity index (χ1) is 18.1. The van der Waals surface area contributed by atoms with Crippen LogP contribution < -0.4 is 14.2 Å². The summed E-state index contributed by atoms with van der Waals surface area (Å²) in [4.78, 5) is 29.7. The van der Waals surface area contributed by atoms with Crippen molar-refractivity contribution in [3.8, 4) is 28.5 Å². The van der Waals surface area contributed by atoms with Crippen molar-refractivity contribution >= 4 is 12.1 Å². The summed E-state index contributed by atoms with van der Waals surface area (Å²) in [5.74, 6) is 0.973. The molecule has 5 rings (SSSR count). The summed E-state index contributed by atoms with van der Waals surface area (Å²) in [6.07, 6.45) is 3.17. The minimum atomic E-state index is -1.50.